The lowest BCUT2D eigenvalue weighted by molar-refractivity contribution is 0.107. The highest BCUT2D eigenvalue weighted by Crippen LogP contribution is 2.36. The van der Waals surface area contributed by atoms with Crippen LogP contribution in [0.4, 0.5) is 10.5 Å². The lowest BCUT2D eigenvalue weighted by atomic mass is 10.1. The summed E-state index contributed by atoms with van der Waals surface area (Å²) in [7, 11) is 0. The Bertz CT molecular complexity index is 469. The van der Waals surface area contributed by atoms with Crippen molar-refractivity contribution in [1.29, 1.82) is 0 Å². The molecule has 18 heavy (non-hydrogen) atoms. The zero-order valence-corrected chi connectivity index (χ0v) is 10.1. The summed E-state index contributed by atoms with van der Waals surface area (Å²) < 4.78 is 5.16. The highest BCUT2D eigenvalue weighted by atomic mass is 16.6. The van der Waals surface area contributed by atoms with Gasteiger partial charge in [-0.1, -0.05) is 18.6 Å². The molecule has 3 rings (SSSR count). The third kappa shape index (κ3) is 1.80. The third-order valence-corrected chi connectivity index (χ3v) is 3.45. The van der Waals surface area contributed by atoms with Gasteiger partial charge in [-0.15, -0.1) is 0 Å². The summed E-state index contributed by atoms with van der Waals surface area (Å²) in [4.78, 5) is 12.0. The van der Waals surface area contributed by atoms with Crippen LogP contribution in [-0.2, 0) is 11.3 Å². The van der Waals surface area contributed by atoms with E-state index in [1.807, 2.05) is 11.1 Å². The Hall–Kier alpha value is -1.75. The highest BCUT2D eigenvalue weighted by molar-refractivity contribution is 5.91. The summed E-state index contributed by atoms with van der Waals surface area (Å²) in [6, 6.07) is 5.24. The van der Waals surface area contributed by atoms with Crippen molar-refractivity contribution in [2.75, 3.05) is 18.1 Å². The minimum Gasteiger partial charge on any atom is -0.506 e. The van der Waals surface area contributed by atoms with Crippen LogP contribution in [0.5, 0.6) is 5.75 Å². The van der Waals surface area contributed by atoms with Crippen molar-refractivity contribution in [2.24, 2.45) is 0 Å². The van der Waals surface area contributed by atoms with Gasteiger partial charge in [-0.05, 0) is 18.9 Å². The van der Waals surface area contributed by atoms with Crippen LogP contribution >= 0.6 is 0 Å². The fraction of sp³-hybridized carbons (Fsp3) is 0.462. The maximum absolute atomic E-state index is 12.0. The number of carbonyl (C=O) groups excluding carboxylic acids is 1. The molecular weight excluding hydrogens is 232 g/mol. The van der Waals surface area contributed by atoms with Gasteiger partial charge in [-0.25, -0.2) is 14.8 Å². The van der Waals surface area contributed by atoms with Gasteiger partial charge in [-0.2, -0.15) is 0 Å². The van der Waals surface area contributed by atoms with E-state index in [9.17, 15) is 9.90 Å². The van der Waals surface area contributed by atoms with Crippen molar-refractivity contribution in [3.8, 4) is 5.75 Å². The molecule has 1 N–H and O–H groups in total. The number of amides is 1. The Morgan fingerprint density at radius 2 is 1.94 bits per heavy atom. The van der Waals surface area contributed by atoms with E-state index in [1.165, 1.54) is 11.4 Å². The number of hydrogen-bond acceptors (Lipinski definition) is 4. The number of piperidine rings is 1. The average Bonchev–Trinajstić information content (AvgIpc) is 2.40. The molecule has 5 nitrogen and oxygen atoms in total. The number of aromatic hydroxyl groups is 1. The minimum atomic E-state index is -0.397. The van der Waals surface area contributed by atoms with Crippen LogP contribution in [-0.4, -0.2) is 29.3 Å². The maximum atomic E-state index is 12.0. The smallest absolute Gasteiger partial charge is 0.429 e. The normalized spacial score (nSPS) is 20.4. The first-order valence-electron chi connectivity index (χ1n) is 6.30. The van der Waals surface area contributed by atoms with Crippen LogP contribution in [0.3, 0.4) is 0 Å². The number of phenols is 1. The molecule has 2 aliphatic rings. The fourth-order valence-electron chi connectivity index (χ4n) is 2.56. The predicted octanol–water partition coefficient (Wildman–Crippen LogP) is 2.25. The molecule has 0 atom stereocenters. The number of benzene rings is 1. The topological polar surface area (TPSA) is 53.0 Å². The summed E-state index contributed by atoms with van der Waals surface area (Å²) in [5, 5.41) is 13.5. The van der Waals surface area contributed by atoms with Crippen LogP contribution in [0.2, 0.25) is 0 Å². The lowest BCUT2D eigenvalue weighted by Crippen LogP contribution is -2.51. The van der Waals surface area contributed by atoms with Crippen molar-refractivity contribution in [1.82, 2.24) is 5.01 Å². The van der Waals surface area contributed by atoms with Crippen molar-refractivity contribution < 1.29 is 14.6 Å². The summed E-state index contributed by atoms with van der Waals surface area (Å²) in [6.07, 6.45) is 2.91. The molecule has 5 heteroatoms. The zero-order chi connectivity index (χ0) is 12.5. The molecule has 96 valence electrons. The van der Waals surface area contributed by atoms with Gasteiger partial charge in [0.1, 0.15) is 18.0 Å². The number of carbonyl (C=O) groups is 1. The van der Waals surface area contributed by atoms with E-state index >= 15 is 0 Å². The fourth-order valence-corrected chi connectivity index (χ4v) is 2.56. The van der Waals surface area contributed by atoms with Crippen LogP contribution < -0.4 is 5.01 Å². The SMILES string of the molecule is O=C1OCc2cccc(O)c2N1N1CCCCC1. The molecule has 0 unspecified atom stereocenters. The van der Waals surface area contributed by atoms with Crippen LogP contribution in [0, 0.1) is 0 Å². The first kappa shape index (κ1) is 11.3. The van der Waals surface area contributed by atoms with Gasteiger partial charge >= 0.3 is 6.09 Å². The molecule has 1 amide bonds. The van der Waals surface area contributed by atoms with E-state index in [2.05, 4.69) is 0 Å². The molecule has 1 aromatic carbocycles. The Kier molecular flexibility index (Phi) is 2.83. The number of fused-ring (bicyclic) bond motifs is 1. The maximum Gasteiger partial charge on any atom is 0.429 e. The zero-order valence-electron chi connectivity index (χ0n) is 10.1. The molecule has 1 saturated heterocycles. The standard InChI is InChI=1S/C13H16N2O3/c16-11-6-4-5-10-9-18-13(17)15(12(10)11)14-7-2-1-3-8-14/h4-6,16H,1-3,7-9H2. The number of para-hydroxylation sites is 1. The van der Waals surface area contributed by atoms with Gasteiger partial charge in [0.2, 0.25) is 0 Å². The van der Waals surface area contributed by atoms with Crippen molar-refractivity contribution in [3.63, 3.8) is 0 Å². The molecule has 2 heterocycles. The lowest BCUT2D eigenvalue weighted by Gasteiger charge is -2.39. The number of cyclic esters (lactones) is 1. The highest BCUT2D eigenvalue weighted by Gasteiger charge is 2.33. The van der Waals surface area contributed by atoms with Crippen LogP contribution in [0.25, 0.3) is 0 Å². The number of phenolic OH excluding ortho intramolecular Hbond substituents is 1. The number of hydrogen-bond donors (Lipinski definition) is 1. The van der Waals surface area contributed by atoms with E-state index in [0.717, 1.165) is 31.5 Å². The summed E-state index contributed by atoms with van der Waals surface area (Å²) in [5.74, 6) is 0.134. The van der Waals surface area contributed by atoms with Gasteiger partial charge in [0.15, 0.2) is 0 Å². The van der Waals surface area contributed by atoms with Crippen molar-refractivity contribution in [2.45, 2.75) is 25.9 Å². The first-order valence-corrected chi connectivity index (χ1v) is 6.30. The summed E-state index contributed by atoms with van der Waals surface area (Å²) in [6.45, 7) is 1.87. The largest absolute Gasteiger partial charge is 0.506 e. The minimum absolute atomic E-state index is 0.134. The Morgan fingerprint density at radius 3 is 2.72 bits per heavy atom. The second-order valence-electron chi connectivity index (χ2n) is 4.67. The summed E-state index contributed by atoms with van der Waals surface area (Å²) >= 11 is 0. The molecule has 0 saturated carbocycles. The third-order valence-electron chi connectivity index (χ3n) is 3.45. The molecule has 0 aromatic heterocycles. The van der Waals surface area contributed by atoms with Crippen LogP contribution in [0.15, 0.2) is 18.2 Å². The van der Waals surface area contributed by atoms with Crippen LogP contribution in [0.1, 0.15) is 24.8 Å². The number of anilines is 1. The molecule has 0 spiro atoms. The van der Waals surface area contributed by atoms with Gasteiger partial charge in [-0.3, -0.25) is 0 Å². The van der Waals surface area contributed by atoms with Crippen molar-refractivity contribution in [3.05, 3.63) is 23.8 Å². The van der Waals surface area contributed by atoms with E-state index < -0.39 is 6.09 Å². The Morgan fingerprint density at radius 1 is 1.17 bits per heavy atom. The molecule has 0 aliphatic carbocycles. The average molecular weight is 248 g/mol. The van der Waals surface area contributed by atoms with Gasteiger partial charge in [0.05, 0.1) is 0 Å². The second kappa shape index (κ2) is 4.49. The molecule has 1 aromatic rings. The Labute approximate surface area is 106 Å². The summed E-state index contributed by atoms with van der Waals surface area (Å²) in [5.41, 5.74) is 1.43. The number of nitrogens with zero attached hydrogens (tertiary/aromatic N) is 2. The number of rotatable bonds is 1. The van der Waals surface area contributed by atoms with E-state index in [-0.39, 0.29) is 12.4 Å². The second-order valence-corrected chi connectivity index (χ2v) is 4.67. The number of ether oxygens (including phenoxy) is 1. The van der Waals surface area contributed by atoms with Gasteiger partial charge in [0.25, 0.3) is 0 Å². The van der Waals surface area contributed by atoms with E-state index in [1.54, 1.807) is 12.1 Å². The van der Waals surface area contributed by atoms with Crippen molar-refractivity contribution >= 4 is 11.8 Å². The monoisotopic (exact) mass is 248 g/mol. The Balaban J connectivity index is 2.00. The number of hydrazine groups is 1. The molecule has 1 fully saturated rings. The van der Waals surface area contributed by atoms with E-state index in [0.29, 0.717) is 5.69 Å². The molecular formula is C13H16N2O3. The van der Waals surface area contributed by atoms with Gasteiger partial charge in [0, 0.05) is 18.7 Å². The predicted molar refractivity (Wildman–Crippen MR) is 66.2 cm³/mol. The quantitative estimate of drug-likeness (QED) is 0.828. The molecule has 0 radical (unpaired) electrons. The first-order chi connectivity index (χ1) is 8.77. The molecule has 0 bridgehead atoms. The van der Waals surface area contributed by atoms with E-state index in [4.69, 9.17) is 4.74 Å². The molecule has 2 aliphatic heterocycles. The van der Waals surface area contributed by atoms with Gasteiger partial charge < -0.3 is 9.84 Å².